The van der Waals surface area contributed by atoms with E-state index in [0.29, 0.717) is 0 Å². The van der Waals surface area contributed by atoms with Crippen LogP contribution in [0.2, 0.25) is 0 Å². The highest BCUT2D eigenvalue weighted by atomic mass is 16.3. The summed E-state index contributed by atoms with van der Waals surface area (Å²) in [5.74, 6) is 0.304. The monoisotopic (exact) mass is 205 g/mol. The van der Waals surface area contributed by atoms with Crippen molar-refractivity contribution < 1.29 is 9.90 Å². The average molecular weight is 205 g/mol. The Morgan fingerprint density at radius 3 is 2.87 bits per heavy atom. The number of carbonyl (C=O) groups excluding carboxylic acids is 1. The third-order valence-electron chi connectivity index (χ3n) is 2.58. The maximum Gasteiger partial charge on any atom is 0.227 e. The molecule has 1 atom stereocenters. The van der Waals surface area contributed by atoms with Crippen molar-refractivity contribution in [3.05, 3.63) is 29.8 Å². The van der Waals surface area contributed by atoms with Gasteiger partial charge in [0.15, 0.2) is 0 Å². The van der Waals surface area contributed by atoms with E-state index >= 15 is 0 Å². The number of nitrogens with one attached hydrogen (secondary N) is 1. The second kappa shape index (κ2) is 4.03. The van der Waals surface area contributed by atoms with E-state index in [1.54, 1.807) is 6.92 Å². The first-order chi connectivity index (χ1) is 7.16. The zero-order chi connectivity index (χ0) is 10.8. The minimum absolute atomic E-state index is 0.0951. The first-order valence-corrected chi connectivity index (χ1v) is 5.25. The van der Waals surface area contributed by atoms with Gasteiger partial charge in [0.2, 0.25) is 5.91 Å². The summed E-state index contributed by atoms with van der Waals surface area (Å²) < 4.78 is 0. The van der Waals surface area contributed by atoms with E-state index in [4.69, 9.17) is 0 Å². The van der Waals surface area contributed by atoms with E-state index in [0.717, 1.165) is 24.1 Å². The number of amides is 1. The molecule has 1 aliphatic carbocycles. The molecule has 1 aromatic carbocycles. The molecule has 0 aromatic heterocycles. The molecule has 1 aliphatic rings. The Labute approximate surface area is 89.1 Å². The van der Waals surface area contributed by atoms with Crippen molar-refractivity contribution in [3.63, 3.8) is 0 Å². The van der Waals surface area contributed by atoms with Gasteiger partial charge in [-0.15, -0.1) is 0 Å². The lowest BCUT2D eigenvalue weighted by Crippen LogP contribution is -2.13. The molecule has 0 saturated heterocycles. The molecule has 3 nitrogen and oxygen atoms in total. The molecule has 80 valence electrons. The van der Waals surface area contributed by atoms with E-state index < -0.39 is 6.10 Å². The van der Waals surface area contributed by atoms with Gasteiger partial charge in [-0.05, 0) is 37.5 Å². The fraction of sp³-hybridized carbons (Fsp3) is 0.417. The third-order valence-corrected chi connectivity index (χ3v) is 2.58. The molecule has 1 amide bonds. The van der Waals surface area contributed by atoms with Gasteiger partial charge in [-0.2, -0.15) is 0 Å². The number of benzene rings is 1. The van der Waals surface area contributed by atoms with E-state index in [1.165, 1.54) is 0 Å². The minimum atomic E-state index is -0.497. The van der Waals surface area contributed by atoms with Crippen LogP contribution < -0.4 is 5.32 Å². The van der Waals surface area contributed by atoms with Gasteiger partial charge in [-0.25, -0.2) is 0 Å². The smallest absolute Gasteiger partial charge is 0.227 e. The Kier molecular flexibility index (Phi) is 2.73. The van der Waals surface area contributed by atoms with E-state index in [-0.39, 0.29) is 11.8 Å². The summed E-state index contributed by atoms with van der Waals surface area (Å²) in [5.41, 5.74) is 1.59. The van der Waals surface area contributed by atoms with Crippen LogP contribution in [0.4, 0.5) is 5.69 Å². The van der Waals surface area contributed by atoms with Crippen LogP contribution in [0.25, 0.3) is 0 Å². The lowest BCUT2D eigenvalue weighted by atomic mass is 10.1. The zero-order valence-electron chi connectivity index (χ0n) is 8.73. The number of aliphatic hydroxyl groups is 1. The Balaban J connectivity index is 2.07. The van der Waals surface area contributed by atoms with Gasteiger partial charge in [0.05, 0.1) is 6.10 Å². The number of rotatable bonds is 3. The van der Waals surface area contributed by atoms with Crippen molar-refractivity contribution in [1.29, 1.82) is 0 Å². The Hall–Kier alpha value is -1.35. The van der Waals surface area contributed by atoms with Gasteiger partial charge in [0.1, 0.15) is 0 Å². The van der Waals surface area contributed by atoms with Crippen molar-refractivity contribution in [3.8, 4) is 0 Å². The Morgan fingerprint density at radius 2 is 2.27 bits per heavy atom. The molecule has 0 radical (unpaired) electrons. The number of hydrogen-bond acceptors (Lipinski definition) is 2. The number of aliphatic hydroxyl groups excluding tert-OH is 1. The summed E-state index contributed by atoms with van der Waals surface area (Å²) in [7, 11) is 0. The fourth-order valence-corrected chi connectivity index (χ4v) is 1.47. The highest BCUT2D eigenvalue weighted by molar-refractivity contribution is 5.94. The summed E-state index contributed by atoms with van der Waals surface area (Å²) in [6.07, 6.45) is 1.51. The van der Waals surface area contributed by atoms with Crippen molar-refractivity contribution in [2.24, 2.45) is 5.92 Å². The summed E-state index contributed by atoms with van der Waals surface area (Å²) in [5, 5.41) is 12.2. The normalized spacial score (nSPS) is 17.2. The van der Waals surface area contributed by atoms with Crippen LogP contribution in [-0.2, 0) is 4.79 Å². The topological polar surface area (TPSA) is 49.3 Å². The molecule has 0 aliphatic heterocycles. The van der Waals surface area contributed by atoms with Crippen molar-refractivity contribution >= 4 is 11.6 Å². The summed E-state index contributed by atoms with van der Waals surface area (Å²) in [4.78, 5) is 11.5. The van der Waals surface area contributed by atoms with Gasteiger partial charge in [0.25, 0.3) is 0 Å². The van der Waals surface area contributed by atoms with Crippen LogP contribution in [0, 0.1) is 5.92 Å². The largest absolute Gasteiger partial charge is 0.389 e. The zero-order valence-corrected chi connectivity index (χ0v) is 8.73. The predicted octanol–water partition coefficient (Wildman–Crippen LogP) is 2.09. The maximum absolute atomic E-state index is 11.5. The number of hydrogen-bond donors (Lipinski definition) is 2. The van der Waals surface area contributed by atoms with Crippen molar-refractivity contribution in [1.82, 2.24) is 0 Å². The van der Waals surface area contributed by atoms with Crippen LogP contribution in [0.5, 0.6) is 0 Å². The lowest BCUT2D eigenvalue weighted by molar-refractivity contribution is -0.117. The minimum Gasteiger partial charge on any atom is -0.389 e. The molecule has 3 heteroatoms. The highest BCUT2D eigenvalue weighted by Gasteiger charge is 2.29. The van der Waals surface area contributed by atoms with Crippen LogP contribution >= 0.6 is 0 Å². The van der Waals surface area contributed by atoms with Crippen LogP contribution in [0.1, 0.15) is 31.4 Å². The molecule has 1 aromatic rings. The van der Waals surface area contributed by atoms with Crippen molar-refractivity contribution in [2.45, 2.75) is 25.9 Å². The van der Waals surface area contributed by atoms with Crippen LogP contribution in [-0.4, -0.2) is 11.0 Å². The summed E-state index contributed by atoms with van der Waals surface area (Å²) in [6.45, 7) is 1.71. The number of anilines is 1. The van der Waals surface area contributed by atoms with Gasteiger partial charge < -0.3 is 10.4 Å². The number of carbonyl (C=O) groups is 1. The predicted molar refractivity (Wildman–Crippen MR) is 58.4 cm³/mol. The molecule has 1 saturated carbocycles. The van der Waals surface area contributed by atoms with Gasteiger partial charge in [0, 0.05) is 11.6 Å². The molecule has 2 N–H and O–H groups in total. The molecule has 15 heavy (non-hydrogen) atoms. The molecule has 1 unspecified atom stereocenters. The molecule has 2 rings (SSSR count). The van der Waals surface area contributed by atoms with Gasteiger partial charge in [-0.1, -0.05) is 12.1 Å². The van der Waals surface area contributed by atoms with E-state index in [9.17, 15) is 9.90 Å². The third kappa shape index (κ3) is 2.57. The summed E-state index contributed by atoms with van der Waals surface area (Å²) in [6, 6.07) is 7.33. The second-order valence-electron chi connectivity index (χ2n) is 4.06. The first-order valence-electron chi connectivity index (χ1n) is 5.25. The Bertz CT molecular complexity index is 370. The van der Waals surface area contributed by atoms with Crippen LogP contribution in [0.15, 0.2) is 24.3 Å². The molecular weight excluding hydrogens is 190 g/mol. The molecule has 0 bridgehead atoms. The second-order valence-corrected chi connectivity index (χ2v) is 4.06. The SMILES string of the molecule is CC(O)c1cccc(NC(=O)C2CC2)c1. The molecular formula is C12H15NO2. The standard InChI is InChI=1S/C12H15NO2/c1-8(14)10-3-2-4-11(7-10)13-12(15)9-5-6-9/h2-4,7-9,14H,5-6H2,1H3,(H,13,15). The molecule has 0 spiro atoms. The van der Waals surface area contributed by atoms with Gasteiger partial charge in [-0.3, -0.25) is 4.79 Å². The van der Waals surface area contributed by atoms with Crippen LogP contribution in [0.3, 0.4) is 0 Å². The lowest BCUT2D eigenvalue weighted by Gasteiger charge is -2.08. The molecule has 1 fully saturated rings. The maximum atomic E-state index is 11.5. The van der Waals surface area contributed by atoms with E-state index in [2.05, 4.69) is 5.32 Å². The Morgan fingerprint density at radius 1 is 1.53 bits per heavy atom. The van der Waals surface area contributed by atoms with E-state index in [1.807, 2.05) is 24.3 Å². The quantitative estimate of drug-likeness (QED) is 0.793. The molecule has 0 heterocycles. The fourth-order valence-electron chi connectivity index (χ4n) is 1.47. The summed E-state index contributed by atoms with van der Waals surface area (Å²) >= 11 is 0. The highest BCUT2D eigenvalue weighted by Crippen LogP contribution is 2.30. The average Bonchev–Trinajstić information content (AvgIpc) is 3.01. The van der Waals surface area contributed by atoms with Crippen molar-refractivity contribution in [2.75, 3.05) is 5.32 Å². The van der Waals surface area contributed by atoms with Gasteiger partial charge >= 0.3 is 0 Å². The first kappa shape index (κ1) is 10.2.